The molecule has 2 aromatic heterocycles. The standard InChI is InChI=1S/C36H37N2OS/c1-20(2)37-36(39-8)34(6)25-16-15-24-30(32-31(33(24,4)5)23-11-9-10-12-28(23)40-32)29(25)27-18-14-22-19-21(3)13-17-26(22)38(27)35(34,36)7/h9-20,37H,1-8H3/q+1. The van der Waals surface area contributed by atoms with Gasteiger partial charge in [-0.15, -0.1) is 11.3 Å². The van der Waals surface area contributed by atoms with Crippen LogP contribution in [0.2, 0.25) is 0 Å². The lowest BCUT2D eigenvalue weighted by Crippen LogP contribution is -2.58. The number of aryl methyl sites for hydroxylation is 1. The van der Waals surface area contributed by atoms with Crippen molar-refractivity contribution in [3.8, 4) is 21.7 Å². The van der Waals surface area contributed by atoms with Crippen LogP contribution in [-0.2, 0) is 21.1 Å². The molecule has 0 saturated heterocycles. The molecule has 0 bridgehead atoms. The van der Waals surface area contributed by atoms with Crippen molar-refractivity contribution in [2.75, 3.05) is 7.11 Å². The van der Waals surface area contributed by atoms with E-state index < -0.39 is 5.72 Å². The highest BCUT2D eigenvalue weighted by molar-refractivity contribution is 7.22. The van der Waals surface area contributed by atoms with Crippen molar-refractivity contribution in [2.24, 2.45) is 0 Å². The molecule has 3 unspecified atom stereocenters. The summed E-state index contributed by atoms with van der Waals surface area (Å²) in [5, 5.41) is 6.61. The zero-order chi connectivity index (χ0) is 28.0. The van der Waals surface area contributed by atoms with Crippen LogP contribution < -0.4 is 9.88 Å². The second-order valence-electron chi connectivity index (χ2n) is 13.3. The summed E-state index contributed by atoms with van der Waals surface area (Å²) in [5.74, 6) is 0. The van der Waals surface area contributed by atoms with Gasteiger partial charge in [-0.05, 0) is 68.0 Å². The van der Waals surface area contributed by atoms with E-state index in [4.69, 9.17) is 4.74 Å². The van der Waals surface area contributed by atoms with E-state index in [2.05, 4.69) is 125 Å². The predicted octanol–water partition coefficient (Wildman–Crippen LogP) is 7.96. The van der Waals surface area contributed by atoms with Crippen molar-refractivity contribution in [1.82, 2.24) is 5.32 Å². The Labute approximate surface area is 240 Å². The zero-order valence-corrected chi connectivity index (χ0v) is 25.5. The minimum atomic E-state index is -0.552. The molecule has 40 heavy (non-hydrogen) atoms. The number of aromatic nitrogens is 1. The minimum absolute atomic E-state index is 0.0716. The van der Waals surface area contributed by atoms with Crippen LogP contribution in [0.1, 0.15) is 63.8 Å². The molecule has 0 spiro atoms. The number of thiophene rings is 1. The third-order valence-corrected chi connectivity index (χ3v) is 11.9. The highest BCUT2D eigenvalue weighted by Gasteiger charge is 2.94. The van der Waals surface area contributed by atoms with Gasteiger partial charge in [0.1, 0.15) is 5.41 Å². The summed E-state index contributed by atoms with van der Waals surface area (Å²) in [6.07, 6.45) is 0. The minimum Gasteiger partial charge on any atom is -0.356 e. The number of methoxy groups -OCH3 is 1. The smallest absolute Gasteiger partial charge is 0.223 e. The molecule has 3 aliphatic rings. The summed E-state index contributed by atoms with van der Waals surface area (Å²) in [6.45, 7) is 16.3. The van der Waals surface area contributed by atoms with Gasteiger partial charge in [0.2, 0.25) is 22.5 Å². The van der Waals surface area contributed by atoms with E-state index in [0.29, 0.717) is 0 Å². The highest BCUT2D eigenvalue weighted by Crippen LogP contribution is 2.73. The molecular weight excluding hydrogens is 508 g/mol. The van der Waals surface area contributed by atoms with Crippen LogP contribution in [0.15, 0.2) is 66.7 Å². The first-order chi connectivity index (χ1) is 19.0. The third kappa shape index (κ3) is 2.46. The van der Waals surface area contributed by atoms with Crippen molar-refractivity contribution in [3.05, 3.63) is 89.0 Å². The van der Waals surface area contributed by atoms with Crippen molar-refractivity contribution in [3.63, 3.8) is 0 Å². The lowest BCUT2D eigenvalue weighted by molar-refractivity contribution is -0.714. The second kappa shape index (κ2) is 7.42. The Morgan fingerprint density at radius 2 is 1.62 bits per heavy atom. The van der Waals surface area contributed by atoms with Crippen LogP contribution in [0.25, 0.3) is 42.7 Å². The highest BCUT2D eigenvalue weighted by atomic mass is 32.1. The number of hydrogen-bond acceptors (Lipinski definition) is 3. The van der Waals surface area contributed by atoms with Crippen molar-refractivity contribution in [2.45, 2.75) is 76.6 Å². The predicted molar refractivity (Wildman–Crippen MR) is 166 cm³/mol. The monoisotopic (exact) mass is 545 g/mol. The maximum Gasteiger partial charge on any atom is 0.223 e. The molecule has 8 rings (SSSR count). The molecule has 3 aromatic carbocycles. The van der Waals surface area contributed by atoms with Crippen LogP contribution in [0, 0.1) is 6.92 Å². The summed E-state index contributed by atoms with van der Waals surface area (Å²) >= 11 is 1.96. The number of nitrogens with zero attached hydrogens (tertiary/aromatic N) is 1. The van der Waals surface area contributed by atoms with E-state index in [1.807, 2.05) is 18.4 Å². The summed E-state index contributed by atoms with van der Waals surface area (Å²) in [5.41, 5.74) is 9.71. The van der Waals surface area contributed by atoms with E-state index >= 15 is 0 Å². The number of nitrogens with one attached hydrogen (secondary N) is 1. The number of ether oxygens (including phenoxy) is 1. The SMILES string of the molecule is COC1(NC(C)C)C2(C)c3ccc4c(c3-c3ccc5cc(C)ccc5[n+]3C12C)-c1sc2ccccc2c1C4(C)C. The van der Waals surface area contributed by atoms with Crippen molar-refractivity contribution >= 4 is 32.3 Å². The Morgan fingerprint density at radius 3 is 2.38 bits per heavy atom. The Morgan fingerprint density at radius 1 is 0.875 bits per heavy atom. The third-order valence-electron chi connectivity index (χ3n) is 10.8. The largest absolute Gasteiger partial charge is 0.356 e. The van der Waals surface area contributed by atoms with Gasteiger partial charge in [-0.2, -0.15) is 4.57 Å². The molecule has 1 N–H and O–H groups in total. The van der Waals surface area contributed by atoms with E-state index in [-0.39, 0.29) is 22.4 Å². The fourth-order valence-electron chi connectivity index (χ4n) is 8.91. The van der Waals surface area contributed by atoms with E-state index in [0.717, 1.165) is 0 Å². The van der Waals surface area contributed by atoms with Gasteiger partial charge in [0, 0.05) is 58.1 Å². The normalized spacial score (nSPS) is 26.9. The Hall–Kier alpha value is -3.05. The maximum absolute atomic E-state index is 6.65. The van der Waals surface area contributed by atoms with Gasteiger partial charge in [-0.25, -0.2) is 0 Å². The summed E-state index contributed by atoms with van der Waals surface area (Å²) in [4.78, 5) is 1.43. The first-order valence-electron chi connectivity index (χ1n) is 14.5. The molecule has 2 aliphatic carbocycles. The molecule has 0 amide bonds. The molecule has 202 valence electrons. The number of rotatable bonds is 3. The van der Waals surface area contributed by atoms with E-state index in [1.54, 1.807) is 0 Å². The molecule has 3 heterocycles. The quantitative estimate of drug-likeness (QED) is 0.184. The Balaban J connectivity index is 1.56. The van der Waals surface area contributed by atoms with E-state index in [1.165, 1.54) is 64.9 Å². The molecule has 3 nitrogen and oxygen atoms in total. The molecule has 1 saturated carbocycles. The molecule has 1 aliphatic heterocycles. The molecular formula is C36H37N2OS+. The topological polar surface area (TPSA) is 25.1 Å². The average molecular weight is 546 g/mol. The van der Waals surface area contributed by atoms with Gasteiger partial charge in [-0.1, -0.05) is 55.8 Å². The van der Waals surface area contributed by atoms with Crippen LogP contribution in [0.5, 0.6) is 0 Å². The lowest BCUT2D eigenvalue weighted by atomic mass is 9.77. The van der Waals surface area contributed by atoms with Gasteiger partial charge in [0.15, 0.2) is 0 Å². The summed E-state index contributed by atoms with van der Waals surface area (Å²) in [7, 11) is 1.89. The average Bonchev–Trinajstić information content (AvgIpc) is 3.17. The molecule has 1 fully saturated rings. The first kappa shape index (κ1) is 24.7. The van der Waals surface area contributed by atoms with Gasteiger partial charge in [0.05, 0.1) is 5.56 Å². The van der Waals surface area contributed by atoms with Crippen LogP contribution >= 0.6 is 11.3 Å². The molecule has 5 aromatic rings. The van der Waals surface area contributed by atoms with Gasteiger partial charge >= 0.3 is 0 Å². The van der Waals surface area contributed by atoms with Gasteiger partial charge in [0.25, 0.3) is 0 Å². The fourth-order valence-corrected chi connectivity index (χ4v) is 10.3. The van der Waals surface area contributed by atoms with Crippen LogP contribution in [0.4, 0.5) is 0 Å². The summed E-state index contributed by atoms with van der Waals surface area (Å²) in [6, 6.07) is 25.6. The second-order valence-corrected chi connectivity index (χ2v) is 14.4. The first-order valence-corrected chi connectivity index (χ1v) is 15.3. The Bertz CT molecular complexity index is 1930. The molecule has 3 atom stereocenters. The van der Waals surface area contributed by atoms with Crippen molar-refractivity contribution < 1.29 is 9.30 Å². The number of benzene rings is 3. The lowest BCUT2D eigenvalue weighted by Gasteiger charge is -2.28. The van der Waals surface area contributed by atoms with Gasteiger partial charge in [-0.3, -0.25) is 5.32 Å². The van der Waals surface area contributed by atoms with Gasteiger partial charge < -0.3 is 4.74 Å². The van der Waals surface area contributed by atoms with E-state index in [9.17, 15) is 0 Å². The van der Waals surface area contributed by atoms with Crippen LogP contribution in [-0.4, -0.2) is 18.9 Å². The zero-order valence-electron chi connectivity index (χ0n) is 24.7. The fraction of sp³-hybridized carbons (Fsp3) is 0.361. The molecule has 0 radical (unpaired) electrons. The summed E-state index contributed by atoms with van der Waals surface area (Å²) < 4.78 is 10.6. The number of hydrogen-bond donors (Lipinski definition) is 1. The number of pyridine rings is 1. The maximum atomic E-state index is 6.65. The van der Waals surface area contributed by atoms with Crippen molar-refractivity contribution in [1.29, 1.82) is 0 Å². The number of fused-ring (bicyclic) bond motifs is 14. The van der Waals surface area contributed by atoms with Crippen LogP contribution in [0.3, 0.4) is 0 Å². The Kier molecular flexibility index (Phi) is 4.58. The molecule has 4 heteroatoms.